The van der Waals surface area contributed by atoms with Crippen LogP contribution in [0.5, 0.6) is 0 Å². The minimum Gasteiger partial charge on any atom is -0.380 e. The van der Waals surface area contributed by atoms with E-state index in [4.69, 9.17) is 15.2 Å². The largest absolute Gasteiger partial charge is 0.380 e. The molecule has 0 heterocycles. The van der Waals surface area contributed by atoms with E-state index in [1.807, 2.05) is 0 Å². The van der Waals surface area contributed by atoms with E-state index in [0.29, 0.717) is 13.2 Å². The fourth-order valence-corrected chi connectivity index (χ4v) is 1.78. The van der Waals surface area contributed by atoms with Gasteiger partial charge in [0, 0.05) is 13.2 Å². The zero-order chi connectivity index (χ0) is 13.5. The van der Waals surface area contributed by atoms with Gasteiger partial charge in [0.15, 0.2) is 0 Å². The van der Waals surface area contributed by atoms with Gasteiger partial charge in [-0.05, 0) is 12.8 Å². The molecule has 0 saturated heterocycles. The predicted octanol–water partition coefficient (Wildman–Crippen LogP) is 3.51. The molecule has 0 rings (SSSR count). The molecule has 0 amide bonds. The molecule has 0 saturated carbocycles. The molecule has 110 valence electrons. The van der Waals surface area contributed by atoms with Crippen molar-refractivity contribution in [1.29, 1.82) is 0 Å². The molecule has 18 heavy (non-hydrogen) atoms. The molecule has 2 N–H and O–H groups in total. The van der Waals surface area contributed by atoms with E-state index >= 15 is 0 Å². The van der Waals surface area contributed by atoms with E-state index in [1.165, 1.54) is 38.5 Å². The molecule has 0 aliphatic heterocycles. The molecule has 3 nitrogen and oxygen atoms in total. The molecule has 3 heteroatoms. The Kier molecular flexibility index (Phi) is 14.8. The molecule has 0 bridgehead atoms. The van der Waals surface area contributed by atoms with Crippen LogP contribution in [0.15, 0.2) is 0 Å². The van der Waals surface area contributed by atoms with Crippen LogP contribution in [0.25, 0.3) is 0 Å². The monoisotopic (exact) mass is 259 g/mol. The van der Waals surface area contributed by atoms with Crippen LogP contribution >= 0.6 is 0 Å². The van der Waals surface area contributed by atoms with E-state index in [9.17, 15) is 0 Å². The van der Waals surface area contributed by atoms with E-state index < -0.39 is 0 Å². The first-order valence-electron chi connectivity index (χ1n) is 7.72. The van der Waals surface area contributed by atoms with Crippen molar-refractivity contribution in [3.05, 3.63) is 0 Å². The molecule has 0 aromatic carbocycles. The Bertz CT molecular complexity index is 137. The van der Waals surface area contributed by atoms with Crippen molar-refractivity contribution >= 4 is 0 Å². The van der Waals surface area contributed by atoms with Gasteiger partial charge >= 0.3 is 0 Å². The standard InChI is InChI=1S/C15H33NO2/c1-3-5-7-9-11-17-13-15(16)14-18-12-10-8-6-4-2/h15H,3-14,16H2,1-2H3. The van der Waals surface area contributed by atoms with Crippen molar-refractivity contribution in [2.75, 3.05) is 26.4 Å². The van der Waals surface area contributed by atoms with Crippen molar-refractivity contribution < 1.29 is 9.47 Å². The van der Waals surface area contributed by atoms with E-state index in [2.05, 4.69) is 13.8 Å². The van der Waals surface area contributed by atoms with Gasteiger partial charge in [-0.2, -0.15) is 0 Å². The normalized spacial score (nSPS) is 11.3. The summed E-state index contributed by atoms with van der Waals surface area (Å²) in [6.45, 7) is 7.36. The molecule has 0 unspecified atom stereocenters. The van der Waals surface area contributed by atoms with Crippen molar-refractivity contribution in [3.63, 3.8) is 0 Å². The van der Waals surface area contributed by atoms with Gasteiger partial charge in [-0.15, -0.1) is 0 Å². The van der Waals surface area contributed by atoms with Gasteiger partial charge in [-0.25, -0.2) is 0 Å². The Morgan fingerprint density at radius 2 is 1.17 bits per heavy atom. The Morgan fingerprint density at radius 3 is 1.56 bits per heavy atom. The highest BCUT2D eigenvalue weighted by Crippen LogP contribution is 2.00. The Labute approximate surface area is 113 Å². The lowest BCUT2D eigenvalue weighted by Crippen LogP contribution is -2.31. The van der Waals surface area contributed by atoms with E-state index in [-0.39, 0.29) is 6.04 Å². The summed E-state index contributed by atoms with van der Waals surface area (Å²) in [5.41, 5.74) is 5.91. The average molecular weight is 259 g/mol. The Morgan fingerprint density at radius 1 is 0.722 bits per heavy atom. The molecule has 0 aromatic heterocycles. The highest BCUT2D eigenvalue weighted by atomic mass is 16.5. The maximum Gasteiger partial charge on any atom is 0.0640 e. The molecule has 0 atom stereocenters. The first kappa shape index (κ1) is 17.9. The minimum absolute atomic E-state index is 0.0300. The summed E-state index contributed by atoms with van der Waals surface area (Å²) in [6, 6.07) is 0.0300. The van der Waals surface area contributed by atoms with Crippen LogP contribution in [0.1, 0.15) is 65.2 Å². The van der Waals surface area contributed by atoms with Crippen molar-refractivity contribution in [2.45, 2.75) is 71.3 Å². The molecule has 0 fully saturated rings. The Hall–Kier alpha value is -0.120. The van der Waals surface area contributed by atoms with Gasteiger partial charge in [-0.1, -0.05) is 52.4 Å². The number of unbranched alkanes of at least 4 members (excludes halogenated alkanes) is 6. The fraction of sp³-hybridized carbons (Fsp3) is 1.00. The summed E-state index contributed by atoms with van der Waals surface area (Å²) in [4.78, 5) is 0. The quantitative estimate of drug-likeness (QED) is 0.486. The molecule has 0 spiro atoms. The van der Waals surface area contributed by atoms with Gasteiger partial charge in [0.05, 0.1) is 19.3 Å². The van der Waals surface area contributed by atoms with Crippen LogP contribution in [0.4, 0.5) is 0 Å². The van der Waals surface area contributed by atoms with Gasteiger partial charge in [-0.3, -0.25) is 0 Å². The summed E-state index contributed by atoms with van der Waals surface area (Å²) in [7, 11) is 0. The van der Waals surface area contributed by atoms with Crippen LogP contribution in [-0.4, -0.2) is 32.5 Å². The number of nitrogens with two attached hydrogens (primary N) is 1. The second-order valence-electron chi connectivity index (χ2n) is 5.03. The molecular weight excluding hydrogens is 226 g/mol. The molecule has 0 radical (unpaired) electrons. The maximum absolute atomic E-state index is 5.91. The third kappa shape index (κ3) is 13.9. The minimum atomic E-state index is 0.0300. The third-order valence-corrected chi connectivity index (χ3v) is 2.95. The van der Waals surface area contributed by atoms with Crippen molar-refractivity contribution in [2.24, 2.45) is 5.73 Å². The second kappa shape index (κ2) is 14.9. The summed E-state index contributed by atoms with van der Waals surface area (Å²) in [5.74, 6) is 0. The fourth-order valence-electron chi connectivity index (χ4n) is 1.78. The topological polar surface area (TPSA) is 44.5 Å². The number of hydrogen-bond acceptors (Lipinski definition) is 3. The van der Waals surface area contributed by atoms with E-state index in [1.54, 1.807) is 0 Å². The smallest absolute Gasteiger partial charge is 0.0640 e. The highest BCUT2D eigenvalue weighted by Gasteiger charge is 2.02. The maximum atomic E-state index is 5.91. The van der Waals surface area contributed by atoms with Crippen LogP contribution in [-0.2, 0) is 9.47 Å². The number of hydrogen-bond donors (Lipinski definition) is 1. The lowest BCUT2D eigenvalue weighted by Gasteiger charge is -2.12. The summed E-state index contributed by atoms with van der Waals surface area (Å²) in [5, 5.41) is 0. The number of rotatable bonds is 14. The molecule has 0 aliphatic carbocycles. The Balaban J connectivity index is 3.10. The van der Waals surface area contributed by atoms with Crippen molar-refractivity contribution in [3.8, 4) is 0 Å². The zero-order valence-electron chi connectivity index (χ0n) is 12.5. The van der Waals surface area contributed by atoms with Crippen LogP contribution in [0, 0.1) is 0 Å². The summed E-state index contributed by atoms with van der Waals surface area (Å²) < 4.78 is 11.1. The first-order chi connectivity index (χ1) is 8.81. The second-order valence-corrected chi connectivity index (χ2v) is 5.03. The van der Waals surface area contributed by atoms with Gasteiger partial charge < -0.3 is 15.2 Å². The summed E-state index contributed by atoms with van der Waals surface area (Å²) in [6.07, 6.45) is 9.97. The highest BCUT2D eigenvalue weighted by molar-refractivity contribution is 4.58. The van der Waals surface area contributed by atoms with Gasteiger partial charge in [0.1, 0.15) is 0 Å². The third-order valence-electron chi connectivity index (χ3n) is 2.95. The number of ether oxygens (including phenoxy) is 2. The van der Waals surface area contributed by atoms with Crippen LogP contribution in [0.3, 0.4) is 0 Å². The van der Waals surface area contributed by atoms with Crippen molar-refractivity contribution in [1.82, 2.24) is 0 Å². The van der Waals surface area contributed by atoms with Crippen LogP contribution < -0.4 is 5.73 Å². The van der Waals surface area contributed by atoms with E-state index in [0.717, 1.165) is 26.1 Å². The van der Waals surface area contributed by atoms with Crippen LogP contribution in [0.2, 0.25) is 0 Å². The SMILES string of the molecule is CCCCCCOCC(N)COCCCCCC. The van der Waals surface area contributed by atoms with Gasteiger partial charge in [0.2, 0.25) is 0 Å². The zero-order valence-corrected chi connectivity index (χ0v) is 12.5. The molecule has 0 aliphatic rings. The molecular formula is C15H33NO2. The molecule has 0 aromatic rings. The lowest BCUT2D eigenvalue weighted by atomic mass is 10.2. The lowest BCUT2D eigenvalue weighted by molar-refractivity contribution is 0.0645. The first-order valence-corrected chi connectivity index (χ1v) is 7.72. The van der Waals surface area contributed by atoms with Gasteiger partial charge in [0.25, 0.3) is 0 Å². The predicted molar refractivity (Wildman–Crippen MR) is 77.9 cm³/mol. The average Bonchev–Trinajstić information content (AvgIpc) is 2.38. The summed E-state index contributed by atoms with van der Waals surface area (Å²) >= 11 is 0.